The standard InChI is InChI=1S/C14H16N4O3S/c1-3-15-14(21)16-12(19)8-18-13(20)7-5-10(17-18)11-6-4-9(2)22-11/h4-7H,3,8H2,1-2H3,(H2,15,16,19,21). The van der Waals surface area contributed by atoms with E-state index in [2.05, 4.69) is 15.7 Å². The summed E-state index contributed by atoms with van der Waals surface area (Å²) >= 11 is 1.55. The molecule has 7 nitrogen and oxygen atoms in total. The third-order valence-corrected chi connectivity index (χ3v) is 3.77. The maximum atomic E-state index is 11.8. The van der Waals surface area contributed by atoms with E-state index in [0.29, 0.717) is 12.2 Å². The SMILES string of the molecule is CCNC(=O)NC(=O)Cn1nc(-c2ccc(C)s2)ccc1=O. The van der Waals surface area contributed by atoms with Crippen LogP contribution in [0.4, 0.5) is 4.79 Å². The fraction of sp³-hybridized carbons (Fsp3) is 0.286. The van der Waals surface area contributed by atoms with Crippen LogP contribution in [0.25, 0.3) is 10.6 Å². The van der Waals surface area contributed by atoms with Gasteiger partial charge in [0.15, 0.2) is 0 Å². The summed E-state index contributed by atoms with van der Waals surface area (Å²) in [6, 6.07) is 6.25. The number of carbonyl (C=O) groups excluding carboxylic acids is 2. The molecule has 0 aliphatic rings. The van der Waals surface area contributed by atoms with E-state index in [1.54, 1.807) is 24.3 Å². The normalized spacial score (nSPS) is 10.3. The summed E-state index contributed by atoms with van der Waals surface area (Å²) in [6.07, 6.45) is 0. The molecule has 116 valence electrons. The lowest BCUT2D eigenvalue weighted by molar-refractivity contribution is -0.120. The monoisotopic (exact) mass is 320 g/mol. The van der Waals surface area contributed by atoms with Crippen molar-refractivity contribution in [3.8, 4) is 10.6 Å². The van der Waals surface area contributed by atoms with Crippen LogP contribution in [0, 0.1) is 6.92 Å². The molecule has 2 N–H and O–H groups in total. The highest BCUT2D eigenvalue weighted by Crippen LogP contribution is 2.24. The molecular formula is C14H16N4O3S. The molecule has 0 aliphatic carbocycles. The average Bonchev–Trinajstić information content (AvgIpc) is 2.88. The lowest BCUT2D eigenvalue weighted by Gasteiger charge is -2.07. The highest BCUT2D eigenvalue weighted by atomic mass is 32.1. The van der Waals surface area contributed by atoms with Crippen LogP contribution in [-0.4, -0.2) is 28.3 Å². The number of aryl methyl sites for hydroxylation is 1. The second kappa shape index (κ2) is 6.99. The van der Waals surface area contributed by atoms with Crippen molar-refractivity contribution in [2.45, 2.75) is 20.4 Å². The molecule has 0 bridgehead atoms. The Balaban J connectivity index is 2.15. The van der Waals surface area contributed by atoms with Gasteiger partial charge in [-0.15, -0.1) is 11.3 Å². The summed E-state index contributed by atoms with van der Waals surface area (Å²) < 4.78 is 1.04. The smallest absolute Gasteiger partial charge is 0.321 e. The number of hydrogen-bond acceptors (Lipinski definition) is 5. The van der Waals surface area contributed by atoms with Crippen molar-refractivity contribution in [2.75, 3.05) is 6.54 Å². The van der Waals surface area contributed by atoms with Crippen molar-refractivity contribution in [2.24, 2.45) is 0 Å². The van der Waals surface area contributed by atoms with E-state index in [4.69, 9.17) is 0 Å². The van der Waals surface area contributed by atoms with Crippen LogP contribution in [0.3, 0.4) is 0 Å². The van der Waals surface area contributed by atoms with Crippen molar-refractivity contribution in [3.05, 3.63) is 39.5 Å². The number of nitrogens with zero attached hydrogens (tertiary/aromatic N) is 2. The van der Waals surface area contributed by atoms with Crippen molar-refractivity contribution in [3.63, 3.8) is 0 Å². The molecule has 0 radical (unpaired) electrons. The molecule has 22 heavy (non-hydrogen) atoms. The molecule has 0 saturated carbocycles. The van der Waals surface area contributed by atoms with Gasteiger partial charge in [0.05, 0.1) is 4.88 Å². The van der Waals surface area contributed by atoms with E-state index in [-0.39, 0.29) is 6.54 Å². The third kappa shape index (κ3) is 4.01. The number of hydrogen-bond donors (Lipinski definition) is 2. The predicted octanol–water partition coefficient (Wildman–Crippen LogP) is 1.13. The molecule has 2 heterocycles. The molecule has 0 saturated heterocycles. The first-order valence-corrected chi connectivity index (χ1v) is 7.54. The average molecular weight is 320 g/mol. The molecule has 3 amide bonds. The zero-order valence-corrected chi connectivity index (χ0v) is 13.1. The van der Waals surface area contributed by atoms with Gasteiger partial charge in [-0.05, 0) is 32.0 Å². The van der Waals surface area contributed by atoms with Gasteiger partial charge in [0.2, 0.25) is 5.91 Å². The molecule has 0 spiro atoms. The highest BCUT2D eigenvalue weighted by Gasteiger charge is 2.11. The van der Waals surface area contributed by atoms with Crippen LogP contribution < -0.4 is 16.2 Å². The van der Waals surface area contributed by atoms with Crippen LogP contribution >= 0.6 is 11.3 Å². The Kier molecular flexibility index (Phi) is 5.05. The molecule has 0 aliphatic heterocycles. The van der Waals surface area contributed by atoms with E-state index in [1.165, 1.54) is 6.07 Å². The van der Waals surface area contributed by atoms with E-state index in [0.717, 1.165) is 14.4 Å². The van der Waals surface area contributed by atoms with Crippen molar-refractivity contribution >= 4 is 23.3 Å². The second-order valence-electron chi connectivity index (χ2n) is 4.53. The molecule has 0 atom stereocenters. The number of nitrogens with one attached hydrogen (secondary N) is 2. The number of imide groups is 1. The van der Waals surface area contributed by atoms with E-state index >= 15 is 0 Å². The summed E-state index contributed by atoms with van der Waals surface area (Å²) in [6.45, 7) is 3.81. The molecular weight excluding hydrogens is 304 g/mol. The zero-order chi connectivity index (χ0) is 16.1. The maximum Gasteiger partial charge on any atom is 0.321 e. The minimum atomic E-state index is -0.597. The van der Waals surface area contributed by atoms with E-state index in [1.807, 2.05) is 19.1 Å². The number of thiophene rings is 1. The van der Waals surface area contributed by atoms with Crippen LogP contribution in [0.1, 0.15) is 11.8 Å². The van der Waals surface area contributed by atoms with Crippen LogP contribution in [0.5, 0.6) is 0 Å². The third-order valence-electron chi connectivity index (χ3n) is 2.74. The molecule has 0 fully saturated rings. The first-order valence-electron chi connectivity index (χ1n) is 6.72. The number of amides is 3. The lowest BCUT2D eigenvalue weighted by Crippen LogP contribution is -2.42. The van der Waals surface area contributed by atoms with Gasteiger partial charge in [0, 0.05) is 17.5 Å². The van der Waals surface area contributed by atoms with Crippen molar-refractivity contribution in [1.82, 2.24) is 20.4 Å². The number of aromatic nitrogens is 2. The van der Waals surface area contributed by atoms with Crippen LogP contribution in [0.2, 0.25) is 0 Å². The fourth-order valence-electron chi connectivity index (χ4n) is 1.77. The number of rotatable bonds is 4. The predicted molar refractivity (Wildman–Crippen MR) is 83.8 cm³/mol. The largest absolute Gasteiger partial charge is 0.338 e. The zero-order valence-electron chi connectivity index (χ0n) is 12.3. The molecule has 0 unspecified atom stereocenters. The molecule has 2 aromatic rings. The fourth-order valence-corrected chi connectivity index (χ4v) is 2.61. The van der Waals surface area contributed by atoms with Gasteiger partial charge in [-0.3, -0.25) is 14.9 Å². The Morgan fingerprint density at radius 3 is 2.68 bits per heavy atom. The van der Waals surface area contributed by atoms with Crippen LogP contribution in [-0.2, 0) is 11.3 Å². The molecule has 0 aromatic carbocycles. The summed E-state index contributed by atoms with van der Waals surface area (Å²) in [5, 5.41) is 8.74. The first kappa shape index (κ1) is 15.9. The Morgan fingerprint density at radius 2 is 2.05 bits per heavy atom. The van der Waals surface area contributed by atoms with E-state index in [9.17, 15) is 14.4 Å². The topological polar surface area (TPSA) is 93.1 Å². The molecule has 8 heteroatoms. The summed E-state index contributed by atoms with van der Waals surface area (Å²) in [5.41, 5.74) is 0.214. The quantitative estimate of drug-likeness (QED) is 0.883. The van der Waals surface area contributed by atoms with Gasteiger partial charge in [-0.1, -0.05) is 0 Å². The number of carbonyl (C=O) groups is 2. The Labute approximate surface area is 131 Å². The van der Waals surface area contributed by atoms with E-state index < -0.39 is 17.5 Å². The van der Waals surface area contributed by atoms with Crippen LogP contribution in [0.15, 0.2) is 29.1 Å². The number of urea groups is 1. The molecule has 2 rings (SSSR count). The molecule has 2 aromatic heterocycles. The van der Waals surface area contributed by atoms with Gasteiger partial charge >= 0.3 is 6.03 Å². The van der Waals surface area contributed by atoms with Gasteiger partial charge in [0.1, 0.15) is 12.2 Å². The summed E-state index contributed by atoms with van der Waals surface area (Å²) in [4.78, 5) is 36.8. The minimum Gasteiger partial charge on any atom is -0.338 e. The second-order valence-corrected chi connectivity index (χ2v) is 5.82. The lowest BCUT2D eigenvalue weighted by atomic mass is 10.3. The summed E-state index contributed by atoms with van der Waals surface area (Å²) in [7, 11) is 0. The van der Waals surface area contributed by atoms with Gasteiger partial charge in [-0.25, -0.2) is 9.48 Å². The van der Waals surface area contributed by atoms with Crippen molar-refractivity contribution < 1.29 is 9.59 Å². The van der Waals surface area contributed by atoms with Gasteiger partial charge in [0.25, 0.3) is 5.56 Å². The first-order chi connectivity index (χ1) is 10.5. The van der Waals surface area contributed by atoms with Gasteiger partial charge < -0.3 is 5.32 Å². The highest BCUT2D eigenvalue weighted by molar-refractivity contribution is 7.15. The summed E-state index contributed by atoms with van der Waals surface area (Å²) in [5.74, 6) is -0.597. The Hall–Kier alpha value is -2.48. The van der Waals surface area contributed by atoms with Crippen molar-refractivity contribution in [1.29, 1.82) is 0 Å². The Morgan fingerprint density at radius 1 is 1.27 bits per heavy atom. The van der Waals surface area contributed by atoms with Gasteiger partial charge in [-0.2, -0.15) is 5.10 Å². The minimum absolute atomic E-state index is 0.311. The maximum absolute atomic E-state index is 11.8. The Bertz CT molecular complexity index is 751.